The van der Waals surface area contributed by atoms with Gasteiger partial charge in [-0.3, -0.25) is 0 Å². The van der Waals surface area contributed by atoms with Gasteiger partial charge in [-0.15, -0.1) is 0 Å². The third-order valence-corrected chi connectivity index (χ3v) is 12.2. The quantitative estimate of drug-likeness (QED) is 0.242. The molecular formula is C37H43F5N2O4. The molecule has 0 aromatic heterocycles. The first-order valence-electron chi connectivity index (χ1n) is 16.8. The van der Waals surface area contributed by atoms with Gasteiger partial charge in [0.05, 0.1) is 31.0 Å². The summed E-state index contributed by atoms with van der Waals surface area (Å²) in [6.07, 6.45) is -1.20. The van der Waals surface area contributed by atoms with Crippen molar-refractivity contribution in [2.24, 2.45) is 28.6 Å². The van der Waals surface area contributed by atoms with Gasteiger partial charge in [0.25, 0.3) is 0 Å². The molecule has 11 heteroatoms. The SMILES string of the molecule is CC1(C)COC2(CCC3=C4C(CC[C@@]3(O)C2)C2CCC(O)(C(F)(F)C(F)(F)F)[C@@]2(C)C[C@@H]4c2ccc(/C=C/CC(C#N)C#N)cc2)OC1. The van der Waals surface area contributed by atoms with E-state index in [4.69, 9.17) is 20.0 Å². The Kier molecular flexibility index (Phi) is 8.48. The first kappa shape index (κ1) is 35.0. The molecule has 5 aliphatic rings. The molecule has 48 heavy (non-hydrogen) atoms. The zero-order valence-corrected chi connectivity index (χ0v) is 27.5. The Morgan fingerprint density at radius 2 is 1.60 bits per heavy atom. The highest BCUT2D eigenvalue weighted by Gasteiger charge is 2.79. The number of allylic oxidation sites excluding steroid dienone is 2. The van der Waals surface area contributed by atoms with Gasteiger partial charge in [-0.2, -0.15) is 32.5 Å². The molecule has 4 aliphatic carbocycles. The summed E-state index contributed by atoms with van der Waals surface area (Å²) in [5.74, 6) is -8.68. The number of nitrogens with zero attached hydrogens (tertiary/aromatic N) is 2. The molecule has 0 radical (unpaired) electrons. The lowest BCUT2D eigenvalue weighted by Crippen LogP contribution is -2.65. The lowest BCUT2D eigenvalue weighted by Gasteiger charge is -2.59. The number of nitriles is 2. The highest BCUT2D eigenvalue weighted by atomic mass is 19.4. The van der Waals surface area contributed by atoms with Crippen molar-refractivity contribution in [2.75, 3.05) is 13.2 Å². The van der Waals surface area contributed by atoms with Gasteiger partial charge in [0.1, 0.15) is 11.5 Å². The Morgan fingerprint density at radius 1 is 0.958 bits per heavy atom. The minimum Gasteiger partial charge on any atom is -0.385 e. The zero-order valence-electron chi connectivity index (χ0n) is 27.5. The van der Waals surface area contributed by atoms with Crippen LogP contribution in [-0.4, -0.2) is 52.5 Å². The number of rotatable bonds is 5. The van der Waals surface area contributed by atoms with Gasteiger partial charge >= 0.3 is 12.1 Å². The maximum Gasteiger partial charge on any atom is 0.456 e. The van der Waals surface area contributed by atoms with Gasteiger partial charge in [-0.1, -0.05) is 62.8 Å². The van der Waals surface area contributed by atoms with Gasteiger partial charge in [0.15, 0.2) is 5.79 Å². The van der Waals surface area contributed by atoms with Crippen LogP contribution in [0.15, 0.2) is 41.5 Å². The number of halogens is 5. The molecular weight excluding hydrogens is 631 g/mol. The van der Waals surface area contributed by atoms with E-state index in [1.165, 1.54) is 6.92 Å². The van der Waals surface area contributed by atoms with E-state index in [2.05, 4.69) is 0 Å². The second kappa shape index (κ2) is 11.6. The molecule has 4 fully saturated rings. The van der Waals surface area contributed by atoms with Crippen molar-refractivity contribution in [3.05, 3.63) is 52.6 Å². The van der Waals surface area contributed by atoms with Crippen molar-refractivity contribution in [3.63, 3.8) is 0 Å². The molecule has 0 amide bonds. The summed E-state index contributed by atoms with van der Waals surface area (Å²) in [5, 5.41) is 42.0. The van der Waals surface area contributed by atoms with Crippen LogP contribution < -0.4 is 0 Å². The third kappa shape index (κ3) is 5.41. The molecule has 6 nitrogen and oxygen atoms in total. The average molecular weight is 675 g/mol. The van der Waals surface area contributed by atoms with Crippen molar-refractivity contribution in [2.45, 2.75) is 114 Å². The van der Waals surface area contributed by atoms with E-state index < -0.39 is 64.6 Å². The van der Waals surface area contributed by atoms with Crippen LogP contribution in [0.25, 0.3) is 6.08 Å². The molecule has 3 saturated carbocycles. The number of hydrogen-bond acceptors (Lipinski definition) is 6. The molecule has 1 heterocycles. The van der Waals surface area contributed by atoms with Crippen LogP contribution in [0.1, 0.15) is 95.6 Å². The summed E-state index contributed by atoms with van der Waals surface area (Å²) >= 11 is 0. The van der Waals surface area contributed by atoms with Crippen LogP contribution in [-0.2, 0) is 9.47 Å². The van der Waals surface area contributed by atoms with E-state index >= 15 is 8.78 Å². The summed E-state index contributed by atoms with van der Waals surface area (Å²) < 4.78 is 85.0. The van der Waals surface area contributed by atoms with Crippen molar-refractivity contribution >= 4 is 6.08 Å². The Hall–Kier alpha value is -2.83. The molecule has 6 atom stereocenters. The van der Waals surface area contributed by atoms with Crippen LogP contribution in [0.5, 0.6) is 0 Å². The van der Waals surface area contributed by atoms with E-state index in [9.17, 15) is 23.4 Å². The van der Waals surface area contributed by atoms with Crippen molar-refractivity contribution in [1.82, 2.24) is 0 Å². The minimum atomic E-state index is -5.92. The summed E-state index contributed by atoms with van der Waals surface area (Å²) in [7, 11) is 0. The van der Waals surface area contributed by atoms with Gasteiger partial charge in [0.2, 0.25) is 0 Å². The molecule has 3 unspecified atom stereocenters. The predicted molar refractivity (Wildman–Crippen MR) is 166 cm³/mol. The number of ether oxygens (including phenoxy) is 2. The predicted octanol–water partition coefficient (Wildman–Crippen LogP) is 7.98. The largest absolute Gasteiger partial charge is 0.456 e. The topological polar surface area (TPSA) is 106 Å². The van der Waals surface area contributed by atoms with Crippen molar-refractivity contribution in [1.29, 1.82) is 10.5 Å². The Morgan fingerprint density at radius 3 is 2.21 bits per heavy atom. The summed E-state index contributed by atoms with van der Waals surface area (Å²) in [5.41, 5.74) is -3.36. The summed E-state index contributed by atoms with van der Waals surface area (Å²) in [6.45, 7) is 6.43. The average Bonchev–Trinajstić information content (AvgIpc) is 3.31. The number of alkyl halides is 5. The van der Waals surface area contributed by atoms with E-state index in [0.717, 1.165) is 16.7 Å². The van der Waals surface area contributed by atoms with Crippen molar-refractivity contribution < 1.29 is 41.6 Å². The van der Waals surface area contributed by atoms with E-state index in [0.29, 0.717) is 38.0 Å². The van der Waals surface area contributed by atoms with Gasteiger partial charge in [-0.25, -0.2) is 0 Å². The molecule has 1 aromatic carbocycles. The number of benzene rings is 1. The first-order chi connectivity index (χ1) is 22.3. The zero-order chi connectivity index (χ0) is 35.0. The fourth-order valence-corrected chi connectivity index (χ4v) is 9.62. The normalized spacial score (nSPS) is 36.0. The highest BCUT2D eigenvalue weighted by molar-refractivity contribution is 5.52. The number of fused-ring (bicyclic) bond motifs is 4. The van der Waals surface area contributed by atoms with Gasteiger partial charge < -0.3 is 19.7 Å². The van der Waals surface area contributed by atoms with Crippen LogP contribution in [0, 0.1) is 51.2 Å². The Bertz CT molecular complexity index is 1550. The lowest BCUT2D eigenvalue weighted by atomic mass is 9.49. The molecule has 0 bridgehead atoms. The molecule has 2 N–H and O–H groups in total. The molecule has 6 rings (SSSR count). The van der Waals surface area contributed by atoms with Crippen LogP contribution in [0.3, 0.4) is 0 Å². The smallest absolute Gasteiger partial charge is 0.385 e. The summed E-state index contributed by atoms with van der Waals surface area (Å²) in [6, 6.07) is 11.1. The lowest BCUT2D eigenvalue weighted by molar-refractivity contribution is -0.362. The first-order valence-corrected chi connectivity index (χ1v) is 16.8. The van der Waals surface area contributed by atoms with Crippen LogP contribution in [0.4, 0.5) is 22.0 Å². The number of aliphatic hydroxyl groups is 2. The third-order valence-electron chi connectivity index (χ3n) is 12.2. The van der Waals surface area contributed by atoms with E-state index in [1.54, 1.807) is 24.3 Å². The molecule has 260 valence electrons. The fourth-order valence-electron chi connectivity index (χ4n) is 9.62. The molecule has 1 aromatic rings. The summed E-state index contributed by atoms with van der Waals surface area (Å²) in [4.78, 5) is 0. The van der Waals surface area contributed by atoms with E-state index in [-0.39, 0.29) is 37.5 Å². The van der Waals surface area contributed by atoms with Crippen molar-refractivity contribution in [3.8, 4) is 12.1 Å². The second-order valence-electron chi connectivity index (χ2n) is 15.8. The Balaban J connectivity index is 1.41. The molecule has 1 spiro atoms. The molecule has 1 aliphatic heterocycles. The van der Waals surface area contributed by atoms with Crippen LogP contribution in [0.2, 0.25) is 0 Å². The molecule has 1 saturated heterocycles. The van der Waals surface area contributed by atoms with E-state index in [1.807, 2.05) is 38.1 Å². The number of hydrogen-bond donors (Lipinski definition) is 2. The van der Waals surface area contributed by atoms with Gasteiger partial charge in [0, 0.05) is 29.6 Å². The highest BCUT2D eigenvalue weighted by Crippen LogP contribution is 2.71. The monoisotopic (exact) mass is 674 g/mol. The van der Waals surface area contributed by atoms with Crippen LogP contribution >= 0.6 is 0 Å². The maximum absolute atomic E-state index is 15.4. The fraction of sp³-hybridized carbons (Fsp3) is 0.676. The maximum atomic E-state index is 15.4. The minimum absolute atomic E-state index is 0.0205. The second-order valence-corrected chi connectivity index (χ2v) is 15.8. The van der Waals surface area contributed by atoms with Gasteiger partial charge in [-0.05, 0) is 73.5 Å². The standard InChI is InChI=1S/C37H43F5N2O4/c1-31(2)21-47-34(48-22-31)15-12-29-30-26(11-14-33(29,45)20-34)28-13-16-35(46,36(38,39)37(40,41)42)32(28,3)17-27(30)25-9-7-23(8-10-25)5-4-6-24(18-43)19-44/h4-5,7-10,24,26-28,45-46H,6,11-17,20-22H2,1-3H3/b5-4+/t26?,27-,28?,32+,33-,35?/m1/s1. The Labute approximate surface area is 278 Å².